The zero-order valence-electron chi connectivity index (χ0n) is 14.5. The van der Waals surface area contributed by atoms with Gasteiger partial charge < -0.3 is 14.4 Å². The van der Waals surface area contributed by atoms with Crippen LogP contribution in [-0.4, -0.2) is 72.6 Å². The Labute approximate surface area is 146 Å². The molecule has 0 N–H and O–H groups in total. The van der Waals surface area contributed by atoms with Crippen molar-refractivity contribution in [3.63, 3.8) is 0 Å². The summed E-state index contributed by atoms with van der Waals surface area (Å²) >= 11 is 0. The minimum atomic E-state index is -0.849. The van der Waals surface area contributed by atoms with E-state index < -0.39 is 5.54 Å². The SMILES string of the molecule is CC(C)(COCC(=O)N1CCOCC1)N1C(=O)c2ccccc2C1=O. The van der Waals surface area contributed by atoms with Gasteiger partial charge in [0.15, 0.2) is 0 Å². The average molecular weight is 346 g/mol. The monoisotopic (exact) mass is 346 g/mol. The van der Waals surface area contributed by atoms with Crippen molar-refractivity contribution in [1.29, 1.82) is 0 Å². The quantitative estimate of drug-likeness (QED) is 0.742. The maximum Gasteiger partial charge on any atom is 0.262 e. The first kappa shape index (κ1) is 17.6. The summed E-state index contributed by atoms with van der Waals surface area (Å²) in [5.74, 6) is -0.760. The van der Waals surface area contributed by atoms with Gasteiger partial charge in [0.1, 0.15) is 6.61 Å². The fourth-order valence-corrected chi connectivity index (χ4v) is 3.10. The number of carbonyl (C=O) groups excluding carboxylic acids is 3. The molecular formula is C18H22N2O5. The number of hydrogen-bond acceptors (Lipinski definition) is 5. The Morgan fingerprint density at radius 2 is 1.68 bits per heavy atom. The fraction of sp³-hybridized carbons (Fsp3) is 0.500. The van der Waals surface area contributed by atoms with Crippen molar-refractivity contribution < 1.29 is 23.9 Å². The third-order valence-corrected chi connectivity index (χ3v) is 4.44. The van der Waals surface area contributed by atoms with Crippen LogP contribution < -0.4 is 0 Å². The van der Waals surface area contributed by atoms with Crippen molar-refractivity contribution >= 4 is 17.7 Å². The van der Waals surface area contributed by atoms with Crippen molar-refractivity contribution in [3.8, 4) is 0 Å². The molecule has 1 saturated heterocycles. The van der Waals surface area contributed by atoms with Gasteiger partial charge in [-0.1, -0.05) is 12.1 Å². The van der Waals surface area contributed by atoms with Crippen LogP contribution in [0.25, 0.3) is 0 Å². The van der Waals surface area contributed by atoms with Gasteiger partial charge in [-0.3, -0.25) is 19.3 Å². The summed E-state index contributed by atoms with van der Waals surface area (Å²) in [6, 6.07) is 6.76. The van der Waals surface area contributed by atoms with Crippen LogP contribution in [0.15, 0.2) is 24.3 Å². The molecule has 134 valence electrons. The molecule has 0 aliphatic carbocycles. The van der Waals surface area contributed by atoms with Gasteiger partial charge >= 0.3 is 0 Å². The number of imide groups is 1. The van der Waals surface area contributed by atoms with E-state index in [1.807, 2.05) is 0 Å². The number of carbonyl (C=O) groups is 3. The second-order valence-electron chi connectivity index (χ2n) is 6.79. The topological polar surface area (TPSA) is 76.2 Å². The van der Waals surface area contributed by atoms with E-state index in [9.17, 15) is 14.4 Å². The second kappa shape index (κ2) is 6.93. The summed E-state index contributed by atoms with van der Waals surface area (Å²) in [5.41, 5.74) is -0.0340. The lowest BCUT2D eigenvalue weighted by molar-refractivity contribution is -0.141. The van der Waals surface area contributed by atoms with E-state index >= 15 is 0 Å². The largest absolute Gasteiger partial charge is 0.378 e. The highest BCUT2D eigenvalue weighted by atomic mass is 16.5. The summed E-state index contributed by atoms with van der Waals surface area (Å²) in [7, 11) is 0. The minimum Gasteiger partial charge on any atom is -0.378 e. The zero-order chi connectivity index (χ0) is 18.0. The highest BCUT2D eigenvalue weighted by Crippen LogP contribution is 2.29. The molecule has 2 aliphatic heterocycles. The van der Waals surface area contributed by atoms with Crippen molar-refractivity contribution in [2.45, 2.75) is 19.4 Å². The van der Waals surface area contributed by atoms with Crippen LogP contribution in [0.1, 0.15) is 34.6 Å². The normalized spacial score (nSPS) is 17.8. The number of morpholine rings is 1. The molecule has 1 aromatic rings. The van der Waals surface area contributed by atoms with Crippen molar-refractivity contribution in [3.05, 3.63) is 35.4 Å². The lowest BCUT2D eigenvalue weighted by Gasteiger charge is -2.34. The summed E-state index contributed by atoms with van der Waals surface area (Å²) in [5, 5.41) is 0. The molecule has 3 rings (SSSR count). The van der Waals surface area contributed by atoms with Gasteiger partial charge in [0.05, 0.1) is 36.5 Å². The van der Waals surface area contributed by atoms with E-state index in [1.165, 1.54) is 4.90 Å². The van der Waals surface area contributed by atoms with Gasteiger partial charge in [0, 0.05) is 13.1 Å². The molecule has 7 heteroatoms. The van der Waals surface area contributed by atoms with Crippen LogP contribution in [0.2, 0.25) is 0 Å². The number of rotatable bonds is 5. The number of nitrogens with zero attached hydrogens (tertiary/aromatic N) is 2. The summed E-state index contributed by atoms with van der Waals surface area (Å²) < 4.78 is 10.8. The van der Waals surface area contributed by atoms with Crippen LogP contribution in [0.4, 0.5) is 0 Å². The molecule has 3 amide bonds. The van der Waals surface area contributed by atoms with Gasteiger partial charge in [0.2, 0.25) is 5.91 Å². The van der Waals surface area contributed by atoms with Crippen LogP contribution in [0, 0.1) is 0 Å². The molecule has 7 nitrogen and oxygen atoms in total. The first-order valence-electron chi connectivity index (χ1n) is 8.33. The predicted molar refractivity (Wildman–Crippen MR) is 89.2 cm³/mol. The molecule has 0 radical (unpaired) electrons. The lowest BCUT2D eigenvalue weighted by atomic mass is 10.0. The minimum absolute atomic E-state index is 0.0768. The molecular weight excluding hydrogens is 324 g/mol. The molecule has 1 fully saturated rings. The molecule has 0 atom stereocenters. The highest BCUT2D eigenvalue weighted by molar-refractivity contribution is 6.21. The average Bonchev–Trinajstić information content (AvgIpc) is 2.87. The van der Waals surface area contributed by atoms with Gasteiger partial charge in [-0.05, 0) is 26.0 Å². The third-order valence-electron chi connectivity index (χ3n) is 4.44. The maximum atomic E-state index is 12.6. The summed E-state index contributed by atoms with van der Waals surface area (Å²) in [6.45, 7) is 5.72. The van der Waals surface area contributed by atoms with Crippen LogP contribution >= 0.6 is 0 Å². The van der Waals surface area contributed by atoms with E-state index in [0.29, 0.717) is 37.4 Å². The van der Waals surface area contributed by atoms with E-state index in [-0.39, 0.29) is 30.9 Å². The Kier molecular flexibility index (Phi) is 4.87. The first-order valence-corrected chi connectivity index (χ1v) is 8.33. The summed E-state index contributed by atoms with van der Waals surface area (Å²) in [6.07, 6.45) is 0. The van der Waals surface area contributed by atoms with Crippen LogP contribution in [0.5, 0.6) is 0 Å². The Balaban J connectivity index is 1.60. The maximum absolute atomic E-state index is 12.6. The predicted octanol–water partition coefficient (Wildman–Crippen LogP) is 0.937. The molecule has 0 spiro atoms. The summed E-state index contributed by atoms with van der Waals surface area (Å²) in [4.78, 5) is 40.1. The third kappa shape index (κ3) is 3.43. The zero-order valence-corrected chi connectivity index (χ0v) is 14.5. The molecule has 25 heavy (non-hydrogen) atoms. The van der Waals surface area contributed by atoms with Gasteiger partial charge in [0.25, 0.3) is 11.8 Å². The molecule has 0 saturated carbocycles. The van der Waals surface area contributed by atoms with E-state index in [1.54, 1.807) is 43.0 Å². The number of benzene rings is 1. The standard InChI is InChI=1S/C18H22N2O5/c1-18(2,12-25-11-15(21)19-7-9-24-10-8-19)20-16(22)13-5-3-4-6-14(13)17(20)23/h3-6H,7-12H2,1-2H3. The molecule has 2 heterocycles. The molecule has 1 aromatic carbocycles. The Morgan fingerprint density at radius 3 is 2.24 bits per heavy atom. The Bertz CT molecular complexity index is 659. The van der Waals surface area contributed by atoms with E-state index in [2.05, 4.69) is 0 Å². The highest BCUT2D eigenvalue weighted by Gasteiger charge is 2.44. The van der Waals surface area contributed by atoms with Gasteiger partial charge in [-0.2, -0.15) is 0 Å². The lowest BCUT2D eigenvalue weighted by Crippen LogP contribution is -2.51. The Hall–Kier alpha value is -2.25. The molecule has 0 bridgehead atoms. The number of hydrogen-bond donors (Lipinski definition) is 0. The first-order chi connectivity index (χ1) is 11.9. The van der Waals surface area contributed by atoms with Crippen molar-refractivity contribution in [2.75, 3.05) is 39.5 Å². The Morgan fingerprint density at radius 1 is 1.12 bits per heavy atom. The number of amides is 3. The van der Waals surface area contributed by atoms with Crippen molar-refractivity contribution in [1.82, 2.24) is 9.80 Å². The van der Waals surface area contributed by atoms with Gasteiger partial charge in [-0.25, -0.2) is 0 Å². The van der Waals surface area contributed by atoms with Gasteiger partial charge in [-0.15, -0.1) is 0 Å². The molecule has 2 aliphatic rings. The van der Waals surface area contributed by atoms with Crippen LogP contribution in [0.3, 0.4) is 0 Å². The molecule has 0 aromatic heterocycles. The number of ether oxygens (including phenoxy) is 2. The van der Waals surface area contributed by atoms with Crippen LogP contribution in [-0.2, 0) is 14.3 Å². The fourth-order valence-electron chi connectivity index (χ4n) is 3.10. The van der Waals surface area contributed by atoms with E-state index in [0.717, 1.165) is 0 Å². The van der Waals surface area contributed by atoms with E-state index in [4.69, 9.17) is 9.47 Å². The molecule has 0 unspecified atom stereocenters. The van der Waals surface area contributed by atoms with Crippen molar-refractivity contribution in [2.24, 2.45) is 0 Å². The smallest absolute Gasteiger partial charge is 0.262 e. The number of fused-ring (bicyclic) bond motifs is 1. The second-order valence-corrected chi connectivity index (χ2v) is 6.79.